The predicted octanol–water partition coefficient (Wildman–Crippen LogP) is 2.42. The highest BCUT2D eigenvalue weighted by Gasteiger charge is 2.34. The first kappa shape index (κ1) is 14.6. The van der Waals surface area contributed by atoms with Crippen LogP contribution < -0.4 is 4.31 Å². The van der Waals surface area contributed by atoms with E-state index in [1.54, 1.807) is 18.3 Å². The molecule has 7 heteroatoms. The van der Waals surface area contributed by atoms with Gasteiger partial charge in [0, 0.05) is 12.2 Å². The fraction of sp³-hybridized carbons (Fsp3) is 0.333. The maximum Gasteiger partial charge on any atom is 0.264 e. The molecule has 0 radical (unpaired) electrons. The Labute approximate surface area is 129 Å². The lowest BCUT2D eigenvalue weighted by atomic mass is 10.2. The zero-order valence-corrected chi connectivity index (χ0v) is 12.8. The van der Waals surface area contributed by atoms with E-state index in [1.165, 1.54) is 22.6 Å². The number of sulfonamides is 1. The van der Waals surface area contributed by atoms with Gasteiger partial charge >= 0.3 is 0 Å². The lowest BCUT2D eigenvalue weighted by Crippen LogP contribution is -2.38. The number of hydrogen-bond donors (Lipinski definition) is 1. The van der Waals surface area contributed by atoms with Crippen molar-refractivity contribution in [3.8, 4) is 6.07 Å². The standard InChI is InChI=1S/C15H16N4O2S/c16-9-12-4-3-7-15(8-12)22(20,21)19(13-5-1-2-6-13)14-10-17-18-11-14/h3-4,7-8,10-11,13H,1-2,5-6H2,(H,17,18). The van der Waals surface area contributed by atoms with Crippen molar-refractivity contribution in [2.24, 2.45) is 0 Å². The molecule has 3 rings (SSSR count). The van der Waals surface area contributed by atoms with Crippen LogP contribution in [0.15, 0.2) is 41.6 Å². The number of H-pyrrole nitrogens is 1. The summed E-state index contributed by atoms with van der Waals surface area (Å²) in [6.07, 6.45) is 6.82. The molecule has 0 aliphatic heterocycles. The van der Waals surface area contributed by atoms with Crippen LogP contribution >= 0.6 is 0 Å². The van der Waals surface area contributed by atoms with Crippen molar-refractivity contribution in [3.05, 3.63) is 42.2 Å². The summed E-state index contributed by atoms with van der Waals surface area (Å²) in [5, 5.41) is 15.5. The number of anilines is 1. The Kier molecular flexibility index (Phi) is 3.86. The number of nitrogens with one attached hydrogen (secondary N) is 1. The van der Waals surface area contributed by atoms with Crippen LogP contribution in [0.4, 0.5) is 5.69 Å². The summed E-state index contributed by atoms with van der Waals surface area (Å²) in [5.41, 5.74) is 0.869. The Hall–Kier alpha value is -2.33. The second-order valence-electron chi connectivity index (χ2n) is 5.34. The van der Waals surface area contributed by atoms with Crippen molar-refractivity contribution in [2.45, 2.75) is 36.6 Å². The number of rotatable bonds is 4. The summed E-state index contributed by atoms with van der Waals surface area (Å²) >= 11 is 0. The number of aromatic amines is 1. The van der Waals surface area contributed by atoms with E-state index >= 15 is 0 Å². The van der Waals surface area contributed by atoms with Gasteiger partial charge in [-0.3, -0.25) is 9.40 Å². The summed E-state index contributed by atoms with van der Waals surface area (Å²) in [7, 11) is -3.72. The molecule has 0 unspecified atom stereocenters. The van der Waals surface area contributed by atoms with Crippen LogP contribution in [0, 0.1) is 11.3 Å². The van der Waals surface area contributed by atoms with E-state index in [0.29, 0.717) is 11.3 Å². The van der Waals surface area contributed by atoms with Gasteiger partial charge in [-0.25, -0.2) is 8.42 Å². The van der Waals surface area contributed by atoms with Crippen molar-refractivity contribution in [1.29, 1.82) is 5.26 Å². The summed E-state index contributed by atoms with van der Waals surface area (Å²) in [4.78, 5) is 0.139. The average Bonchev–Trinajstić information content (AvgIpc) is 3.21. The second kappa shape index (κ2) is 5.81. The van der Waals surface area contributed by atoms with Crippen molar-refractivity contribution >= 4 is 15.7 Å². The van der Waals surface area contributed by atoms with E-state index in [-0.39, 0.29) is 10.9 Å². The SMILES string of the molecule is N#Cc1cccc(S(=O)(=O)N(c2cn[nH]c2)C2CCCC2)c1. The molecule has 1 aromatic carbocycles. The van der Waals surface area contributed by atoms with Crippen molar-refractivity contribution in [3.63, 3.8) is 0 Å². The van der Waals surface area contributed by atoms with E-state index in [0.717, 1.165) is 25.7 Å². The molecule has 1 aliphatic rings. The van der Waals surface area contributed by atoms with Gasteiger partial charge in [-0.1, -0.05) is 18.9 Å². The number of nitrogens with zero attached hydrogens (tertiary/aromatic N) is 3. The second-order valence-corrected chi connectivity index (χ2v) is 7.15. The van der Waals surface area contributed by atoms with Crippen LogP contribution in [-0.4, -0.2) is 24.7 Å². The van der Waals surface area contributed by atoms with Crippen LogP contribution in [0.25, 0.3) is 0 Å². The van der Waals surface area contributed by atoms with Gasteiger partial charge in [0.25, 0.3) is 10.0 Å². The normalized spacial score (nSPS) is 15.6. The van der Waals surface area contributed by atoms with Gasteiger partial charge in [0.1, 0.15) is 0 Å². The molecule has 0 atom stereocenters. The fourth-order valence-corrected chi connectivity index (χ4v) is 4.62. The minimum Gasteiger partial charge on any atom is -0.284 e. The van der Waals surface area contributed by atoms with Crippen LogP contribution in [0.5, 0.6) is 0 Å². The number of benzene rings is 1. The number of aromatic nitrogens is 2. The fourth-order valence-electron chi connectivity index (χ4n) is 2.89. The molecule has 1 fully saturated rings. The van der Waals surface area contributed by atoms with Gasteiger partial charge in [0.05, 0.1) is 28.4 Å². The summed E-state index contributed by atoms with van der Waals surface area (Å²) in [6, 6.07) is 8.04. The molecule has 1 heterocycles. The molecular formula is C15H16N4O2S. The van der Waals surface area contributed by atoms with Gasteiger partial charge in [-0.05, 0) is 31.0 Å². The topological polar surface area (TPSA) is 89.8 Å². The third kappa shape index (κ3) is 2.57. The monoisotopic (exact) mass is 316 g/mol. The maximum atomic E-state index is 13.1. The molecule has 114 valence electrons. The third-order valence-corrected chi connectivity index (χ3v) is 5.79. The molecule has 1 aliphatic carbocycles. The first-order valence-corrected chi connectivity index (χ1v) is 8.60. The highest BCUT2D eigenvalue weighted by Crippen LogP contribution is 2.33. The molecule has 1 saturated carbocycles. The smallest absolute Gasteiger partial charge is 0.264 e. The largest absolute Gasteiger partial charge is 0.284 e. The Morgan fingerprint density at radius 2 is 2.09 bits per heavy atom. The van der Waals surface area contributed by atoms with Crippen LogP contribution in [0.2, 0.25) is 0 Å². The first-order chi connectivity index (χ1) is 10.6. The molecular weight excluding hydrogens is 300 g/mol. The van der Waals surface area contributed by atoms with E-state index < -0.39 is 10.0 Å². The third-order valence-electron chi connectivity index (χ3n) is 3.91. The Balaban J connectivity index is 2.07. The van der Waals surface area contributed by atoms with Crippen molar-refractivity contribution in [1.82, 2.24) is 10.2 Å². The van der Waals surface area contributed by atoms with E-state index in [2.05, 4.69) is 10.2 Å². The van der Waals surface area contributed by atoms with Gasteiger partial charge in [-0.15, -0.1) is 0 Å². The quantitative estimate of drug-likeness (QED) is 0.938. The van der Waals surface area contributed by atoms with Gasteiger partial charge in [0.2, 0.25) is 0 Å². The van der Waals surface area contributed by atoms with E-state index in [9.17, 15) is 8.42 Å². The molecule has 2 aromatic rings. The molecule has 1 N–H and O–H groups in total. The van der Waals surface area contributed by atoms with Crippen LogP contribution in [0.1, 0.15) is 31.2 Å². The first-order valence-electron chi connectivity index (χ1n) is 7.16. The molecule has 0 spiro atoms. The molecule has 6 nitrogen and oxygen atoms in total. The molecule has 0 saturated heterocycles. The van der Waals surface area contributed by atoms with Crippen LogP contribution in [-0.2, 0) is 10.0 Å². The molecule has 0 amide bonds. The average molecular weight is 316 g/mol. The van der Waals surface area contributed by atoms with E-state index in [1.807, 2.05) is 6.07 Å². The molecule has 22 heavy (non-hydrogen) atoms. The van der Waals surface area contributed by atoms with E-state index in [4.69, 9.17) is 5.26 Å². The number of hydrogen-bond acceptors (Lipinski definition) is 4. The Morgan fingerprint density at radius 1 is 1.32 bits per heavy atom. The summed E-state index contributed by atoms with van der Waals surface area (Å²) < 4.78 is 27.6. The van der Waals surface area contributed by atoms with Gasteiger partial charge in [-0.2, -0.15) is 10.4 Å². The summed E-state index contributed by atoms with van der Waals surface area (Å²) in [6.45, 7) is 0. The highest BCUT2D eigenvalue weighted by atomic mass is 32.2. The lowest BCUT2D eigenvalue weighted by molar-refractivity contribution is 0.575. The minimum absolute atomic E-state index is 0.0617. The Morgan fingerprint density at radius 3 is 2.73 bits per heavy atom. The van der Waals surface area contributed by atoms with Crippen LogP contribution in [0.3, 0.4) is 0 Å². The van der Waals surface area contributed by atoms with Crippen molar-refractivity contribution in [2.75, 3.05) is 4.31 Å². The Bertz CT molecular complexity index is 787. The van der Waals surface area contributed by atoms with Gasteiger partial charge < -0.3 is 0 Å². The zero-order chi connectivity index (χ0) is 15.6. The van der Waals surface area contributed by atoms with Crippen molar-refractivity contribution < 1.29 is 8.42 Å². The lowest BCUT2D eigenvalue weighted by Gasteiger charge is -2.28. The summed E-state index contributed by atoms with van der Waals surface area (Å²) in [5.74, 6) is 0. The highest BCUT2D eigenvalue weighted by molar-refractivity contribution is 7.92. The number of nitriles is 1. The molecule has 1 aromatic heterocycles. The minimum atomic E-state index is -3.72. The zero-order valence-electron chi connectivity index (χ0n) is 11.9. The molecule has 0 bridgehead atoms. The van der Waals surface area contributed by atoms with Gasteiger partial charge in [0.15, 0.2) is 0 Å². The maximum absolute atomic E-state index is 13.1. The predicted molar refractivity (Wildman–Crippen MR) is 81.7 cm³/mol.